The standard InChI is InChI=1S/C23H23N5O5/c1-33-11-10-28-13-24-17-7-6-14(12-16(17)23(28)32)25-20(29)9-8-19-22(31)26-18-5-3-2-4-15(18)21(30)27-19/h2-7,12-13,19H,8-11H2,1H3,(H,25,29)(H,26,31)(H,27,30)/t19-/m0/s1. The maximum Gasteiger partial charge on any atom is 0.261 e. The lowest BCUT2D eigenvalue weighted by molar-refractivity contribution is -0.118. The van der Waals surface area contributed by atoms with E-state index in [-0.39, 0.29) is 36.1 Å². The lowest BCUT2D eigenvalue weighted by atomic mass is 10.1. The third kappa shape index (κ3) is 4.90. The van der Waals surface area contributed by atoms with Gasteiger partial charge in [-0.2, -0.15) is 0 Å². The quantitative estimate of drug-likeness (QED) is 0.501. The van der Waals surface area contributed by atoms with E-state index < -0.39 is 6.04 Å². The summed E-state index contributed by atoms with van der Waals surface area (Å²) >= 11 is 0. The molecule has 1 aromatic heterocycles. The zero-order valence-electron chi connectivity index (χ0n) is 18.0. The number of nitrogens with zero attached hydrogens (tertiary/aromatic N) is 2. The second-order valence-corrected chi connectivity index (χ2v) is 7.62. The van der Waals surface area contributed by atoms with E-state index in [4.69, 9.17) is 4.74 Å². The van der Waals surface area contributed by atoms with Gasteiger partial charge in [0, 0.05) is 19.2 Å². The molecule has 4 rings (SSSR count). The van der Waals surface area contributed by atoms with E-state index in [2.05, 4.69) is 20.9 Å². The van der Waals surface area contributed by atoms with E-state index in [1.54, 1.807) is 49.6 Å². The van der Waals surface area contributed by atoms with Crippen LogP contribution in [0, 0.1) is 0 Å². The summed E-state index contributed by atoms with van der Waals surface area (Å²) < 4.78 is 6.45. The Kier molecular flexibility index (Phi) is 6.45. The minimum atomic E-state index is -0.843. The van der Waals surface area contributed by atoms with Gasteiger partial charge < -0.3 is 20.7 Å². The second-order valence-electron chi connectivity index (χ2n) is 7.62. The van der Waals surface area contributed by atoms with Crippen LogP contribution < -0.4 is 21.5 Å². The van der Waals surface area contributed by atoms with E-state index in [1.165, 1.54) is 10.9 Å². The first kappa shape index (κ1) is 22.2. The van der Waals surface area contributed by atoms with E-state index >= 15 is 0 Å². The van der Waals surface area contributed by atoms with Gasteiger partial charge >= 0.3 is 0 Å². The zero-order valence-corrected chi connectivity index (χ0v) is 18.0. The maximum absolute atomic E-state index is 12.7. The van der Waals surface area contributed by atoms with Gasteiger partial charge in [0.05, 0.1) is 41.6 Å². The van der Waals surface area contributed by atoms with Crippen molar-refractivity contribution in [3.8, 4) is 0 Å². The van der Waals surface area contributed by atoms with Crippen molar-refractivity contribution in [3.63, 3.8) is 0 Å². The molecule has 0 radical (unpaired) electrons. The van der Waals surface area contributed by atoms with Crippen molar-refractivity contribution in [3.05, 3.63) is 64.7 Å². The molecular weight excluding hydrogens is 426 g/mol. The van der Waals surface area contributed by atoms with Crippen LogP contribution in [-0.4, -0.2) is 47.0 Å². The van der Waals surface area contributed by atoms with Crippen molar-refractivity contribution >= 4 is 40.0 Å². The Morgan fingerprint density at radius 1 is 1.18 bits per heavy atom. The molecule has 0 aliphatic carbocycles. The number of rotatable bonds is 7. The van der Waals surface area contributed by atoms with Gasteiger partial charge in [-0.05, 0) is 36.8 Å². The molecule has 2 heterocycles. The van der Waals surface area contributed by atoms with Crippen molar-refractivity contribution in [2.45, 2.75) is 25.4 Å². The molecular formula is C23H23N5O5. The van der Waals surface area contributed by atoms with Gasteiger partial charge in [0.25, 0.3) is 11.5 Å². The van der Waals surface area contributed by atoms with Gasteiger partial charge in [0.2, 0.25) is 11.8 Å². The smallest absolute Gasteiger partial charge is 0.261 e. The third-order valence-corrected chi connectivity index (χ3v) is 5.36. The average molecular weight is 449 g/mol. The molecule has 0 spiro atoms. The Hall–Kier alpha value is -4.05. The molecule has 0 fully saturated rings. The van der Waals surface area contributed by atoms with Crippen molar-refractivity contribution in [2.75, 3.05) is 24.4 Å². The number of hydrogen-bond donors (Lipinski definition) is 3. The summed E-state index contributed by atoms with van der Waals surface area (Å²) in [5.74, 6) is -1.10. The Morgan fingerprint density at radius 3 is 2.82 bits per heavy atom. The van der Waals surface area contributed by atoms with Gasteiger partial charge in [-0.25, -0.2) is 4.98 Å². The van der Waals surface area contributed by atoms with Crippen LogP contribution in [0.2, 0.25) is 0 Å². The number of hydrogen-bond acceptors (Lipinski definition) is 6. The van der Waals surface area contributed by atoms with Crippen molar-refractivity contribution in [1.29, 1.82) is 0 Å². The highest BCUT2D eigenvalue weighted by atomic mass is 16.5. The molecule has 33 heavy (non-hydrogen) atoms. The number of carbonyl (C=O) groups is 3. The average Bonchev–Trinajstić information content (AvgIpc) is 2.93. The Morgan fingerprint density at radius 2 is 2.00 bits per heavy atom. The zero-order chi connectivity index (χ0) is 23.4. The fourth-order valence-electron chi connectivity index (χ4n) is 3.60. The summed E-state index contributed by atoms with van der Waals surface area (Å²) in [4.78, 5) is 54.3. The first-order valence-corrected chi connectivity index (χ1v) is 10.4. The van der Waals surface area contributed by atoms with Crippen LogP contribution in [-0.2, 0) is 20.9 Å². The predicted molar refractivity (Wildman–Crippen MR) is 122 cm³/mol. The monoisotopic (exact) mass is 449 g/mol. The fraction of sp³-hybridized carbons (Fsp3) is 0.261. The van der Waals surface area contributed by atoms with E-state index in [9.17, 15) is 19.2 Å². The molecule has 0 bridgehead atoms. The van der Waals surface area contributed by atoms with Gasteiger partial charge in [-0.1, -0.05) is 12.1 Å². The van der Waals surface area contributed by atoms with Gasteiger partial charge in [-0.3, -0.25) is 23.7 Å². The van der Waals surface area contributed by atoms with Gasteiger partial charge in [-0.15, -0.1) is 0 Å². The van der Waals surface area contributed by atoms with Crippen LogP contribution in [0.25, 0.3) is 10.9 Å². The first-order chi connectivity index (χ1) is 16.0. The summed E-state index contributed by atoms with van der Waals surface area (Å²) in [5.41, 5.74) is 1.54. The number of ether oxygens (including phenoxy) is 1. The molecule has 3 amide bonds. The normalized spacial score (nSPS) is 15.4. The lowest BCUT2D eigenvalue weighted by Crippen LogP contribution is -2.41. The Balaban J connectivity index is 1.41. The molecule has 1 aliphatic heterocycles. The molecule has 3 N–H and O–H groups in total. The second kappa shape index (κ2) is 9.61. The van der Waals surface area contributed by atoms with Crippen molar-refractivity contribution in [1.82, 2.24) is 14.9 Å². The highest BCUT2D eigenvalue weighted by molar-refractivity contribution is 6.10. The van der Waals surface area contributed by atoms with Crippen molar-refractivity contribution < 1.29 is 19.1 Å². The highest BCUT2D eigenvalue weighted by Gasteiger charge is 2.27. The number of para-hydroxylation sites is 1. The maximum atomic E-state index is 12.7. The minimum absolute atomic E-state index is 0.00212. The molecule has 3 aromatic rings. The fourth-order valence-corrected chi connectivity index (χ4v) is 3.60. The van der Waals surface area contributed by atoms with Crippen LogP contribution in [0.4, 0.5) is 11.4 Å². The number of anilines is 2. The van der Waals surface area contributed by atoms with Crippen LogP contribution in [0.3, 0.4) is 0 Å². The summed E-state index contributed by atoms with van der Waals surface area (Å²) in [7, 11) is 1.55. The Bertz CT molecular complexity index is 1290. The number of nitrogens with one attached hydrogen (secondary N) is 3. The SMILES string of the molecule is COCCn1cnc2ccc(NC(=O)CC[C@@H]3NC(=O)c4ccccc4NC3=O)cc2c1=O. The summed E-state index contributed by atoms with van der Waals surface area (Å²) in [6.07, 6.45) is 1.58. The molecule has 10 heteroatoms. The van der Waals surface area contributed by atoms with Gasteiger partial charge in [0.15, 0.2) is 0 Å². The van der Waals surface area contributed by atoms with E-state index in [0.29, 0.717) is 41.0 Å². The molecule has 0 saturated heterocycles. The molecule has 1 atom stereocenters. The first-order valence-electron chi connectivity index (χ1n) is 10.4. The van der Waals surface area contributed by atoms with Crippen LogP contribution in [0.15, 0.2) is 53.6 Å². The molecule has 0 saturated carbocycles. The Labute approximate surface area is 189 Å². The van der Waals surface area contributed by atoms with Crippen molar-refractivity contribution in [2.24, 2.45) is 0 Å². The number of fused-ring (bicyclic) bond motifs is 2. The number of methoxy groups -OCH3 is 1. The third-order valence-electron chi connectivity index (χ3n) is 5.36. The van der Waals surface area contributed by atoms with Crippen LogP contribution >= 0.6 is 0 Å². The predicted octanol–water partition coefficient (Wildman–Crippen LogP) is 1.51. The number of amides is 3. The number of aromatic nitrogens is 2. The minimum Gasteiger partial charge on any atom is -0.383 e. The summed E-state index contributed by atoms with van der Waals surface area (Å²) in [6, 6.07) is 10.8. The topological polar surface area (TPSA) is 131 Å². The number of carbonyl (C=O) groups excluding carboxylic acids is 3. The van der Waals surface area contributed by atoms with E-state index in [1.807, 2.05) is 0 Å². The number of benzene rings is 2. The molecule has 170 valence electrons. The van der Waals surface area contributed by atoms with Crippen LogP contribution in [0.1, 0.15) is 23.2 Å². The lowest BCUT2D eigenvalue weighted by Gasteiger charge is -2.14. The summed E-state index contributed by atoms with van der Waals surface area (Å²) in [6.45, 7) is 0.744. The van der Waals surface area contributed by atoms with Crippen LogP contribution in [0.5, 0.6) is 0 Å². The highest BCUT2D eigenvalue weighted by Crippen LogP contribution is 2.20. The molecule has 1 aliphatic rings. The summed E-state index contributed by atoms with van der Waals surface area (Å²) in [5, 5.41) is 8.49. The van der Waals surface area contributed by atoms with E-state index in [0.717, 1.165) is 0 Å². The van der Waals surface area contributed by atoms with Gasteiger partial charge in [0.1, 0.15) is 6.04 Å². The molecule has 0 unspecified atom stereocenters. The molecule has 2 aromatic carbocycles. The largest absolute Gasteiger partial charge is 0.383 e. The molecule has 10 nitrogen and oxygen atoms in total.